The Morgan fingerprint density at radius 3 is 2.37 bits per heavy atom. The van der Waals surface area contributed by atoms with E-state index in [1.807, 2.05) is 12.2 Å². The van der Waals surface area contributed by atoms with E-state index in [9.17, 15) is 19.2 Å². The van der Waals surface area contributed by atoms with Gasteiger partial charge in [-0.3, -0.25) is 19.3 Å². The fourth-order valence-corrected chi connectivity index (χ4v) is 3.49. The summed E-state index contributed by atoms with van der Waals surface area (Å²) in [6.45, 7) is 1.98. The number of allylic oxidation sites excluding steroid dienone is 2. The van der Waals surface area contributed by atoms with Gasteiger partial charge in [0.25, 0.3) is 0 Å². The lowest BCUT2D eigenvalue weighted by Gasteiger charge is -2.15. The molecule has 1 aromatic carbocycles. The predicted molar refractivity (Wildman–Crippen MR) is 97.7 cm³/mol. The molecule has 142 valence electrons. The van der Waals surface area contributed by atoms with E-state index in [1.54, 1.807) is 31.2 Å². The van der Waals surface area contributed by atoms with Crippen LogP contribution in [0.25, 0.3) is 0 Å². The lowest BCUT2D eigenvalue weighted by atomic mass is 9.85. The molecule has 0 aromatic heterocycles. The Kier molecular flexibility index (Phi) is 5.69. The van der Waals surface area contributed by atoms with Crippen molar-refractivity contribution in [2.24, 2.45) is 11.8 Å². The summed E-state index contributed by atoms with van der Waals surface area (Å²) in [4.78, 5) is 50.3. The molecule has 0 radical (unpaired) electrons. The van der Waals surface area contributed by atoms with E-state index in [2.05, 4.69) is 5.32 Å². The van der Waals surface area contributed by atoms with Crippen LogP contribution in [-0.2, 0) is 19.1 Å². The summed E-state index contributed by atoms with van der Waals surface area (Å²) in [7, 11) is 0. The van der Waals surface area contributed by atoms with Crippen LogP contribution in [0.4, 0.5) is 5.69 Å². The molecule has 7 nitrogen and oxygen atoms in total. The number of benzene rings is 1. The minimum absolute atomic E-state index is 0.0263. The van der Waals surface area contributed by atoms with Gasteiger partial charge in [-0.25, -0.2) is 4.79 Å². The van der Waals surface area contributed by atoms with Gasteiger partial charge in [0.2, 0.25) is 17.7 Å². The monoisotopic (exact) mass is 370 g/mol. The number of carbonyl (C=O) groups is 4. The summed E-state index contributed by atoms with van der Waals surface area (Å²) < 4.78 is 4.98. The molecule has 0 unspecified atom stereocenters. The van der Waals surface area contributed by atoms with Gasteiger partial charge >= 0.3 is 5.97 Å². The highest BCUT2D eigenvalue weighted by Crippen LogP contribution is 2.35. The molecule has 1 N–H and O–H groups in total. The number of imide groups is 1. The van der Waals surface area contributed by atoms with Crippen molar-refractivity contribution >= 4 is 29.4 Å². The number of fused-ring (bicyclic) bond motifs is 1. The minimum atomic E-state index is -0.519. The number of amides is 3. The Bertz CT molecular complexity index is 775. The second kappa shape index (κ2) is 8.16. The van der Waals surface area contributed by atoms with E-state index in [4.69, 9.17) is 4.74 Å². The average molecular weight is 370 g/mol. The van der Waals surface area contributed by atoms with Gasteiger partial charge in [0.1, 0.15) is 0 Å². The molecule has 27 heavy (non-hydrogen) atoms. The Balaban J connectivity index is 1.60. The summed E-state index contributed by atoms with van der Waals surface area (Å²) in [5.41, 5.74) is 0.607. The second-order valence-corrected chi connectivity index (χ2v) is 6.55. The molecule has 1 aliphatic heterocycles. The molecule has 1 saturated heterocycles. The van der Waals surface area contributed by atoms with Crippen molar-refractivity contribution < 1.29 is 23.9 Å². The highest BCUT2D eigenvalue weighted by Gasteiger charge is 2.46. The fourth-order valence-electron chi connectivity index (χ4n) is 3.49. The van der Waals surface area contributed by atoms with E-state index in [1.165, 1.54) is 4.90 Å². The van der Waals surface area contributed by atoms with Crippen LogP contribution in [0, 0.1) is 11.8 Å². The third-order valence-electron chi connectivity index (χ3n) is 4.86. The highest BCUT2D eigenvalue weighted by molar-refractivity contribution is 6.06. The van der Waals surface area contributed by atoms with E-state index in [-0.39, 0.29) is 54.7 Å². The third-order valence-corrected chi connectivity index (χ3v) is 4.86. The van der Waals surface area contributed by atoms with Crippen molar-refractivity contribution in [3.63, 3.8) is 0 Å². The van der Waals surface area contributed by atoms with Gasteiger partial charge in [-0.1, -0.05) is 24.3 Å². The van der Waals surface area contributed by atoms with Crippen molar-refractivity contribution in [1.29, 1.82) is 0 Å². The summed E-state index contributed by atoms with van der Waals surface area (Å²) in [6.07, 6.45) is 4.97. The van der Waals surface area contributed by atoms with Gasteiger partial charge in [0.05, 0.1) is 29.7 Å². The molecule has 1 heterocycles. The molecule has 1 aliphatic carbocycles. The summed E-state index contributed by atoms with van der Waals surface area (Å²) in [6, 6.07) is 6.55. The molecule has 7 heteroatoms. The molecule has 0 saturated carbocycles. The molecular weight excluding hydrogens is 348 g/mol. The zero-order chi connectivity index (χ0) is 19.4. The maximum Gasteiger partial charge on any atom is 0.340 e. The molecule has 2 atom stereocenters. The number of anilines is 1. The molecule has 3 amide bonds. The number of nitrogens with one attached hydrogen (secondary N) is 1. The number of hydrogen-bond acceptors (Lipinski definition) is 5. The predicted octanol–water partition coefficient (Wildman–Crippen LogP) is 2.14. The maximum absolute atomic E-state index is 12.4. The molecule has 0 bridgehead atoms. The van der Waals surface area contributed by atoms with Gasteiger partial charge in [-0.2, -0.15) is 0 Å². The number of esters is 1. The van der Waals surface area contributed by atoms with E-state index in [0.29, 0.717) is 18.5 Å². The van der Waals surface area contributed by atoms with Crippen LogP contribution in [0.3, 0.4) is 0 Å². The van der Waals surface area contributed by atoms with E-state index in [0.717, 1.165) is 0 Å². The van der Waals surface area contributed by atoms with Crippen LogP contribution < -0.4 is 5.32 Å². The number of nitrogens with zero attached hydrogens (tertiary/aromatic N) is 1. The number of hydrogen-bond donors (Lipinski definition) is 1. The molecule has 1 aromatic rings. The Morgan fingerprint density at radius 1 is 1.11 bits per heavy atom. The first kappa shape index (κ1) is 18.8. The Morgan fingerprint density at radius 2 is 1.74 bits per heavy atom. The van der Waals surface area contributed by atoms with Gasteiger partial charge in [-0.05, 0) is 31.9 Å². The Labute approximate surface area is 157 Å². The first-order valence-electron chi connectivity index (χ1n) is 9.09. The number of para-hydroxylation sites is 1. The van der Waals surface area contributed by atoms with Crippen molar-refractivity contribution in [2.45, 2.75) is 26.2 Å². The molecule has 1 fully saturated rings. The van der Waals surface area contributed by atoms with Gasteiger partial charge in [0, 0.05) is 13.0 Å². The standard InChI is InChI=1S/C20H22N2O5/c1-2-27-20(26)15-9-5-6-10-16(15)21-17(23)11-12-22-18(24)13-7-3-4-8-14(13)19(22)25/h3-6,9-10,13-14H,2,7-8,11-12H2,1H3,(H,21,23)/t13-,14-/m1/s1. The van der Waals surface area contributed by atoms with Crippen molar-refractivity contribution in [3.8, 4) is 0 Å². The highest BCUT2D eigenvalue weighted by atomic mass is 16.5. The lowest BCUT2D eigenvalue weighted by molar-refractivity contribution is -0.140. The number of carbonyl (C=O) groups excluding carboxylic acids is 4. The second-order valence-electron chi connectivity index (χ2n) is 6.55. The fraction of sp³-hybridized carbons (Fsp3) is 0.400. The zero-order valence-electron chi connectivity index (χ0n) is 15.1. The van der Waals surface area contributed by atoms with E-state index < -0.39 is 5.97 Å². The van der Waals surface area contributed by atoms with Crippen LogP contribution in [0.2, 0.25) is 0 Å². The maximum atomic E-state index is 12.4. The summed E-state index contributed by atoms with van der Waals surface area (Å²) in [5.74, 6) is -1.89. The van der Waals surface area contributed by atoms with Gasteiger partial charge in [0.15, 0.2) is 0 Å². The quantitative estimate of drug-likeness (QED) is 0.470. The number of ether oxygens (including phenoxy) is 1. The van der Waals surface area contributed by atoms with Crippen LogP contribution >= 0.6 is 0 Å². The lowest BCUT2D eigenvalue weighted by Crippen LogP contribution is -2.34. The summed E-state index contributed by atoms with van der Waals surface area (Å²) in [5, 5.41) is 2.66. The normalized spacial score (nSPS) is 21.1. The van der Waals surface area contributed by atoms with Crippen LogP contribution in [0.1, 0.15) is 36.5 Å². The van der Waals surface area contributed by atoms with Crippen molar-refractivity contribution in [2.75, 3.05) is 18.5 Å². The third kappa shape index (κ3) is 3.92. The molecule has 0 spiro atoms. The van der Waals surface area contributed by atoms with Crippen LogP contribution in [0.15, 0.2) is 36.4 Å². The van der Waals surface area contributed by atoms with Crippen LogP contribution in [0.5, 0.6) is 0 Å². The van der Waals surface area contributed by atoms with E-state index >= 15 is 0 Å². The first-order chi connectivity index (χ1) is 13.0. The van der Waals surface area contributed by atoms with Gasteiger partial charge < -0.3 is 10.1 Å². The van der Waals surface area contributed by atoms with Gasteiger partial charge in [-0.15, -0.1) is 0 Å². The van der Waals surface area contributed by atoms with Crippen molar-refractivity contribution in [1.82, 2.24) is 4.90 Å². The topological polar surface area (TPSA) is 92.8 Å². The minimum Gasteiger partial charge on any atom is -0.462 e. The summed E-state index contributed by atoms with van der Waals surface area (Å²) >= 11 is 0. The molecule has 3 rings (SSSR count). The number of likely N-dealkylation sites (tertiary alicyclic amines) is 1. The zero-order valence-corrected chi connectivity index (χ0v) is 15.1. The number of rotatable bonds is 6. The SMILES string of the molecule is CCOC(=O)c1ccccc1NC(=O)CCN1C(=O)[C@@H]2CC=CC[C@H]2C1=O. The Hall–Kier alpha value is -2.96. The first-order valence-corrected chi connectivity index (χ1v) is 9.09. The smallest absolute Gasteiger partial charge is 0.340 e. The molecule has 2 aliphatic rings. The van der Waals surface area contributed by atoms with Crippen LogP contribution in [-0.4, -0.2) is 41.7 Å². The molecular formula is C20H22N2O5. The van der Waals surface area contributed by atoms with Crippen molar-refractivity contribution in [3.05, 3.63) is 42.0 Å². The largest absolute Gasteiger partial charge is 0.462 e. The average Bonchev–Trinajstić information content (AvgIpc) is 2.91.